The van der Waals surface area contributed by atoms with Gasteiger partial charge in [0.25, 0.3) is 5.91 Å². The Kier molecular flexibility index (Phi) is 4.37. The fourth-order valence-corrected chi connectivity index (χ4v) is 2.37. The monoisotopic (exact) mass is 262 g/mol. The predicted octanol–water partition coefficient (Wildman–Crippen LogP) is 1.22. The highest BCUT2D eigenvalue weighted by Gasteiger charge is 2.25. The van der Waals surface area contributed by atoms with Crippen molar-refractivity contribution in [1.29, 1.82) is 0 Å². The Hall–Kier alpha value is -1.62. The zero-order chi connectivity index (χ0) is 13.8. The third kappa shape index (κ3) is 3.04. The van der Waals surface area contributed by atoms with Gasteiger partial charge in [-0.25, -0.2) is 4.98 Å². The number of amides is 1. The molecule has 0 radical (unpaired) electrons. The maximum Gasteiger partial charge on any atom is 0.274 e. The van der Waals surface area contributed by atoms with E-state index in [1.807, 2.05) is 4.90 Å². The summed E-state index contributed by atoms with van der Waals surface area (Å²) in [5.74, 6) is -0.0538. The van der Waals surface area contributed by atoms with E-state index in [0.29, 0.717) is 17.4 Å². The molecule has 104 valence electrons. The van der Waals surface area contributed by atoms with E-state index in [0.717, 1.165) is 32.6 Å². The van der Waals surface area contributed by atoms with Gasteiger partial charge in [0.15, 0.2) is 5.69 Å². The summed E-state index contributed by atoms with van der Waals surface area (Å²) in [6, 6.07) is 4.04. The Bertz CT molecular complexity index is 441. The molecule has 0 spiro atoms. The number of nitrogens with two attached hydrogens (primary N) is 1. The number of aromatic nitrogens is 1. The van der Waals surface area contributed by atoms with Crippen LogP contribution in [0.1, 0.15) is 30.8 Å². The average molecular weight is 262 g/mol. The molecule has 2 heterocycles. The highest BCUT2D eigenvalue weighted by atomic mass is 16.2. The smallest absolute Gasteiger partial charge is 0.274 e. The molecule has 5 heteroatoms. The van der Waals surface area contributed by atoms with Gasteiger partial charge in [0.05, 0.1) is 5.69 Å². The van der Waals surface area contributed by atoms with E-state index in [1.54, 1.807) is 18.3 Å². The molecule has 0 aromatic carbocycles. The molecule has 1 aliphatic heterocycles. The molecule has 0 bridgehead atoms. The molecule has 19 heavy (non-hydrogen) atoms. The molecule has 1 saturated heterocycles. The van der Waals surface area contributed by atoms with Crippen molar-refractivity contribution in [3.05, 3.63) is 24.0 Å². The van der Waals surface area contributed by atoms with Crippen molar-refractivity contribution >= 4 is 11.6 Å². The molecule has 1 aromatic rings. The van der Waals surface area contributed by atoms with Crippen LogP contribution >= 0.6 is 0 Å². The first kappa shape index (κ1) is 13.8. The van der Waals surface area contributed by atoms with Crippen molar-refractivity contribution in [1.82, 2.24) is 14.8 Å². The highest BCUT2D eigenvalue weighted by Crippen LogP contribution is 2.14. The van der Waals surface area contributed by atoms with Crippen LogP contribution in [0.3, 0.4) is 0 Å². The van der Waals surface area contributed by atoms with Crippen molar-refractivity contribution in [3.8, 4) is 0 Å². The summed E-state index contributed by atoms with van der Waals surface area (Å²) in [6.07, 6.45) is 2.75. The van der Waals surface area contributed by atoms with E-state index in [-0.39, 0.29) is 5.91 Å². The average Bonchev–Trinajstić information content (AvgIpc) is 2.46. The number of hydrogen-bond acceptors (Lipinski definition) is 4. The summed E-state index contributed by atoms with van der Waals surface area (Å²) in [5, 5.41) is 0. The Morgan fingerprint density at radius 1 is 1.42 bits per heavy atom. The molecule has 2 rings (SSSR count). The minimum Gasteiger partial charge on any atom is -0.397 e. The molecule has 1 amide bonds. The third-order valence-electron chi connectivity index (χ3n) is 3.86. The van der Waals surface area contributed by atoms with Gasteiger partial charge in [-0.15, -0.1) is 0 Å². The van der Waals surface area contributed by atoms with Crippen LogP contribution in [0.2, 0.25) is 0 Å². The van der Waals surface area contributed by atoms with E-state index in [1.165, 1.54) is 0 Å². The summed E-state index contributed by atoms with van der Waals surface area (Å²) in [5.41, 5.74) is 6.63. The summed E-state index contributed by atoms with van der Waals surface area (Å²) in [7, 11) is 0. The van der Waals surface area contributed by atoms with Gasteiger partial charge in [0.1, 0.15) is 0 Å². The molecule has 2 N–H and O–H groups in total. The van der Waals surface area contributed by atoms with Crippen LogP contribution in [0.15, 0.2) is 18.3 Å². The van der Waals surface area contributed by atoms with Gasteiger partial charge in [-0.2, -0.15) is 0 Å². The van der Waals surface area contributed by atoms with Crippen LogP contribution < -0.4 is 5.73 Å². The maximum atomic E-state index is 12.3. The number of nitrogens with zero attached hydrogens (tertiary/aromatic N) is 3. The number of nitrogen functional groups attached to an aromatic ring is 1. The largest absolute Gasteiger partial charge is 0.397 e. The van der Waals surface area contributed by atoms with Crippen LogP contribution in [0.4, 0.5) is 5.69 Å². The fraction of sp³-hybridized carbons (Fsp3) is 0.571. The van der Waals surface area contributed by atoms with Crippen molar-refractivity contribution in [3.63, 3.8) is 0 Å². The minimum absolute atomic E-state index is 0.0538. The van der Waals surface area contributed by atoms with Crippen LogP contribution in [-0.4, -0.2) is 52.9 Å². The number of carbonyl (C=O) groups is 1. The number of rotatable bonds is 3. The van der Waals surface area contributed by atoms with Gasteiger partial charge < -0.3 is 10.6 Å². The lowest BCUT2D eigenvalue weighted by atomic mass is 10.2. The quantitative estimate of drug-likeness (QED) is 0.889. The molecule has 0 saturated carbocycles. The van der Waals surface area contributed by atoms with Gasteiger partial charge in [-0.3, -0.25) is 9.69 Å². The Labute approximate surface area is 114 Å². The van der Waals surface area contributed by atoms with E-state index in [4.69, 9.17) is 5.73 Å². The van der Waals surface area contributed by atoms with Crippen molar-refractivity contribution in [2.45, 2.75) is 26.3 Å². The van der Waals surface area contributed by atoms with Crippen LogP contribution in [0.25, 0.3) is 0 Å². The molecule has 1 aliphatic rings. The van der Waals surface area contributed by atoms with E-state index in [2.05, 4.69) is 23.7 Å². The Morgan fingerprint density at radius 2 is 2.11 bits per heavy atom. The number of pyridine rings is 1. The Balaban J connectivity index is 1.98. The molecular formula is C14H22N4O. The molecule has 1 fully saturated rings. The molecule has 1 aromatic heterocycles. The van der Waals surface area contributed by atoms with Crippen molar-refractivity contribution < 1.29 is 4.79 Å². The van der Waals surface area contributed by atoms with Crippen LogP contribution in [0, 0.1) is 0 Å². The van der Waals surface area contributed by atoms with Gasteiger partial charge >= 0.3 is 0 Å². The Morgan fingerprint density at radius 3 is 2.68 bits per heavy atom. The minimum atomic E-state index is -0.0538. The predicted molar refractivity (Wildman–Crippen MR) is 75.9 cm³/mol. The second-order valence-electron chi connectivity index (χ2n) is 5.03. The fourth-order valence-electron chi connectivity index (χ4n) is 2.37. The van der Waals surface area contributed by atoms with E-state index >= 15 is 0 Å². The summed E-state index contributed by atoms with van der Waals surface area (Å²) >= 11 is 0. The highest BCUT2D eigenvalue weighted by molar-refractivity contribution is 5.97. The topological polar surface area (TPSA) is 62.5 Å². The van der Waals surface area contributed by atoms with Gasteiger partial charge in [0.2, 0.25) is 0 Å². The second kappa shape index (κ2) is 6.02. The normalized spacial score (nSPS) is 18.3. The summed E-state index contributed by atoms with van der Waals surface area (Å²) < 4.78 is 0. The number of anilines is 1. The molecule has 1 unspecified atom stereocenters. The first-order valence-electron chi connectivity index (χ1n) is 6.87. The van der Waals surface area contributed by atoms with Gasteiger partial charge in [0, 0.05) is 38.4 Å². The van der Waals surface area contributed by atoms with Gasteiger partial charge in [-0.1, -0.05) is 6.92 Å². The number of carbonyl (C=O) groups excluding carboxylic acids is 1. The molecular weight excluding hydrogens is 240 g/mol. The SMILES string of the molecule is CCC(C)N1CCN(C(=O)c2ncccc2N)CC1. The molecule has 0 aliphatic carbocycles. The lowest BCUT2D eigenvalue weighted by Crippen LogP contribution is -2.51. The van der Waals surface area contributed by atoms with Crippen LogP contribution in [0.5, 0.6) is 0 Å². The van der Waals surface area contributed by atoms with Crippen molar-refractivity contribution in [2.75, 3.05) is 31.9 Å². The molecule has 1 atom stereocenters. The van der Waals surface area contributed by atoms with Crippen molar-refractivity contribution in [2.24, 2.45) is 0 Å². The van der Waals surface area contributed by atoms with Crippen LogP contribution in [-0.2, 0) is 0 Å². The zero-order valence-corrected chi connectivity index (χ0v) is 11.7. The maximum absolute atomic E-state index is 12.3. The first-order valence-corrected chi connectivity index (χ1v) is 6.87. The van der Waals surface area contributed by atoms with E-state index < -0.39 is 0 Å². The molecule has 5 nitrogen and oxygen atoms in total. The lowest BCUT2D eigenvalue weighted by molar-refractivity contribution is 0.0575. The lowest BCUT2D eigenvalue weighted by Gasteiger charge is -2.37. The zero-order valence-electron chi connectivity index (χ0n) is 11.7. The summed E-state index contributed by atoms with van der Waals surface area (Å²) in [4.78, 5) is 20.7. The van der Waals surface area contributed by atoms with Gasteiger partial charge in [-0.05, 0) is 25.5 Å². The third-order valence-corrected chi connectivity index (χ3v) is 3.86. The number of piperazine rings is 1. The van der Waals surface area contributed by atoms with E-state index in [9.17, 15) is 4.79 Å². The first-order chi connectivity index (χ1) is 9.13. The summed E-state index contributed by atoms with van der Waals surface area (Å²) in [6.45, 7) is 7.77. The number of hydrogen-bond donors (Lipinski definition) is 1. The standard InChI is InChI=1S/C14H22N4O/c1-3-11(2)17-7-9-18(10-8-17)14(19)13-12(15)5-4-6-16-13/h4-6,11H,3,7-10,15H2,1-2H3. The second-order valence-corrected chi connectivity index (χ2v) is 5.03.